The van der Waals surface area contributed by atoms with Gasteiger partial charge in [-0.3, -0.25) is 4.79 Å². The number of rotatable bonds is 5. The Bertz CT molecular complexity index is 952. The zero-order chi connectivity index (χ0) is 19.4. The number of aromatic nitrogens is 1. The molecule has 7 nitrogen and oxygen atoms in total. The maximum atomic E-state index is 12.4. The van der Waals surface area contributed by atoms with Crippen molar-refractivity contribution >= 4 is 38.1 Å². The topological polar surface area (TPSA) is 102 Å². The number of aryl methyl sites for hydroxylation is 1. The molecular weight excluding hydrogens is 388 g/mol. The number of nitrogens with zero attached hydrogens (tertiary/aromatic N) is 1. The summed E-state index contributed by atoms with van der Waals surface area (Å²) in [6, 6.07) is 4.49. The van der Waals surface area contributed by atoms with Gasteiger partial charge in [0.05, 0.1) is 12.7 Å². The minimum Gasteiger partial charge on any atom is -0.465 e. The normalized spacial score (nSPS) is 14.1. The fraction of sp³-hybridized carbons (Fsp3) is 0.389. The van der Waals surface area contributed by atoms with Crippen LogP contribution in [0.15, 0.2) is 29.4 Å². The molecule has 0 saturated carbocycles. The molecule has 0 fully saturated rings. The number of ether oxygens (including phenoxy) is 1. The van der Waals surface area contributed by atoms with E-state index >= 15 is 0 Å². The van der Waals surface area contributed by atoms with E-state index in [0.717, 1.165) is 42.5 Å². The number of nitrogens with one attached hydrogen (secondary N) is 1. The molecule has 2 aromatic heterocycles. The van der Waals surface area contributed by atoms with Crippen molar-refractivity contribution < 1.29 is 22.7 Å². The number of esters is 1. The molecule has 0 bridgehead atoms. The summed E-state index contributed by atoms with van der Waals surface area (Å²) in [6.45, 7) is 0. The van der Waals surface area contributed by atoms with Crippen molar-refractivity contribution in [3.8, 4) is 0 Å². The number of pyridine rings is 1. The van der Waals surface area contributed by atoms with Crippen LogP contribution in [0.5, 0.6) is 0 Å². The van der Waals surface area contributed by atoms with E-state index in [2.05, 4.69) is 10.3 Å². The van der Waals surface area contributed by atoms with E-state index in [0.29, 0.717) is 10.6 Å². The quantitative estimate of drug-likeness (QED) is 0.603. The average Bonchev–Trinajstić information content (AvgIpc) is 2.82. The van der Waals surface area contributed by atoms with Crippen molar-refractivity contribution in [1.29, 1.82) is 0 Å². The lowest BCUT2D eigenvalue weighted by Crippen LogP contribution is -2.24. The number of amides is 1. The predicted molar refractivity (Wildman–Crippen MR) is 102 cm³/mol. The fourth-order valence-electron chi connectivity index (χ4n) is 3.09. The van der Waals surface area contributed by atoms with Gasteiger partial charge in [-0.25, -0.2) is 18.2 Å². The molecule has 0 radical (unpaired) electrons. The van der Waals surface area contributed by atoms with Gasteiger partial charge in [0.1, 0.15) is 10.8 Å². The molecule has 0 spiro atoms. The summed E-state index contributed by atoms with van der Waals surface area (Å²) in [5.74, 6) is -1.97. The Balaban J connectivity index is 1.85. The van der Waals surface area contributed by atoms with Crippen molar-refractivity contribution in [2.45, 2.75) is 37.1 Å². The molecule has 2 aromatic rings. The molecule has 3 rings (SSSR count). The van der Waals surface area contributed by atoms with Crippen LogP contribution in [-0.2, 0) is 32.2 Å². The van der Waals surface area contributed by atoms with Crippen LogP contribution in [0.4, 0.5) is 5.00 Å². The van der Waals surface area contributed by atoms with Crippen molar-refractivity contribution in [1.82, 2.24) is 4.98 Å². The van der Waals surface area contributed by atoms with Gasteiger partial charge in [0, 0.05) is 11.1 Å². The molecule has 0 atom stereocenters. The van der Waals surface area contributed by atoms with Gasteiger partial charge >= 0.3 is 5.97 Å². The van der Waals surface area contributed by atoms with Crippen molar-refractivity contribution in [2.24, 2.45) is 0 Å². The Kier molecular flexibility index (Phi) is 5.91. The number of hydrogen-bond acceptors (Lipinski definition) is 7. The van der Waals surface area contributed by atoms with E-state index in [-0.39, 0.29) is 5.03 Å². The van der Waals surface area contributed by atoms with E-state index in [1.807, 2.05) is 0 Å². The predicted octanol–water partition coefficient (Wildman–Crippen LogP) is 2.61. The molecule has 1 N–H and O–H groups in total. The van der Waals surface area contributed by atoms with Crippen LogP contribution in [0.25, 0.3) is 0 Å². The summed E-state index contributed by atoms with van der Waals surface area (Å²) in [5, 5.41) is 2.80. The summed E-state index contributed by atoms with van der Waals surface area (Å²) in [6.07, 6.45) is 6.03. The highest BCUT2D eigenvalue weighted by atomic mass is 32.2. The van der Waals surface area contributed by atoms with Gasteiger partial charge in [-0.05, 0) is 43.4 Å². The maximum absolute atomic E-state index is 12.4. The number of anilines is 1. The molecule has 1 aliphatic carbocycles. The van der Waals surface area contributed by atoms with E-state index < -0.39 is 27.5 Å². The molecule has 0 saturated heterocycles. The van der Waals surface area contributed by atoms with Crippen LogP contribution < -0.4 is 5.32 Å². The summed E-state index contributed by atoms with van der Waals surface area (Å²) >= 11 is 1.33. The first-order valence-electron chi connectivity index (χ1n) is 8.59. The third-order valence-electron chi connectivity index (χ3n) is 4.34. The highest BCUT2D eigenvalue weighted by Crippen LogP contribution is 2.38. The summed E-state index contributed by atoms with van der Waals surface area (Å²) in [7, 11) is -2.57. The SMILES string of the molecule is COC(=O)c1c(NC(=O)CS(=O)(=O)c2ccccn2)sc2c1CCCCC2. The minimum absolute atomic E-state index is 0.157. The van der Waals surface area contributed by atoms with Crippen LogP contribution in [0.2, 0.25) is 0 Å². The second-order valence-corrected chi connectivity index (χ2v) is 9.28. The first-order valence-corrected chi connectivity index (χ1v) is 11.1. The van der Waals surface area contributed by atoms with Crippen LogP contribution in [0.3, 0.4) is 0 Å². The highest BCUT2D eigenvalue weighted by Gasteiger charge is 2.28. The second-order valence-electron chi connectivity index (χ2n) is 6.24. The Hall–Kier alpha value is -2.26. The zero-order valence-electron chi connectivity index (χ0n) is 14.9. The molecule has 0 aliphatic heterocycles. The van der Waals surface area contributed by atoms with E-state index in [1.165, 1.54) is 30.7 Å². The lowest BCUT2D eigenvalue weighted by Gasteiger charge is -2.08. The maximum Gasteiger partial charge on any atom is 0.341 e. The summed E-state index contributed by atoms with van der Waals surface area (Å²) in [4.78, 5) is 29.5. The number of carbonyl (C=O) groups is 2. The van der Waals surface area contributed by atoms with Crippen LogP contribution >= 0.6 is 11.3 Å². The van der Waals surface area contributed by atoms with E-state index in [1.54, 1.807) is 12.1 Å². The number of thiophene rings is 1. The van der Waals surface area contributed by atoms with E-state index in [4.69, 9.17) is 4.74 Å². The fourth-order valence-corrected chi connectivity index (χ4v) is 5.46. The standard InChI is InChI=1S/C18H20N2O5S2/c1-25-18(22)16-12-7-3-2-4-8-13(12)26-17(16)20-14(21)11-27(23,24)15-9-5-6-10-19-15/h5-6,9-10H,2-4,7-8,11H2,1H3,(H,20,21). The molecule has 2 heterocycles. The highest BCUT2D eigenvalue weighted by molar-refractivity contribution is 7.92. The van der Waals surface area contributed by atoms with Gasteiger partial charge < -0.3 is 10.1 Å². The summed E-state index contributed by atoms with van der Waals surface area (Å²) < 4.78 is 29.6. The lowest BCUT2D eigenvalue weighted by molar-refractivity contribution is -0.113. The van der Waals surface area contributed by atoms with Gasteiger partial charge in [-0.2, -0.15) is 0 Å². The molecule has 1 aliphatic rings. The van der Waals surface area contributed by atoms with Gasteiger partial charge in [-0.1, -0.05) is 12.5 Å². The lowest BCUT2D eigenvalue weighted by atomic mass is 10.1. The third kappa shape index (κ3) is 4.36. The Morgan fingerprint density at radius 1 is 1.22 bits per heavy atom. The molecule has 27 heavy (non-hydrogen) atoms. The second kappa shape index (κ2) is 8.18. The number of carbonyl (C=O) groups excluding carboxylic acids is 2. The van der Waals surface area contributed by atoms with Gasteiger partial charge in [-0.15, -0.1) is 11.3 Å². The molecule has 144 valence electrons. The van der Waals surface area contributed by atoms with Crippen molar-refractivity contribution in [3.05, 3.63) is 40.4 Å². The van der Waals surface area contributed by atoms with Gasteiger partial charge in [0.15, 0.2) is 5.03 Å². The zero-order valence-corrected chi connectivity index (χ0v) is 16.5. The first kappa shape index (κ1) is 19.5. The van der Waals surface area contributed by atoms with E-state index in [9.17, 15) is 18.0 Å². The molecule has 0 aromatic carbocycles. The van der Waals surface area contributed by atoms with Crippen molar-refractivity contribution in [3.63, 3.8) is 0 Å². The molecular formula is C18H20N2O5S2. The first-order chi connectivity index (χ1) is 12.9. The minimum atomic E-state index is -3.86. The smallest absolute Gasteiger partial charge is 0.341 e. The Labute approximate surface area is 161 Å². The molecule has 1 amide bonds. The monoisotopic (exact) mass is 408 g/mol. The third-order valence-corrected chi connectivity index (χ3v) is 7.07. The summed E-state index contributed by atoms with van der Waals surface area (Å²) in [5.41, 5.74) is 1.26. The van der Waals surface area contributed by atoms with Crippen LogP contribution in [0.1, 0.15) is 40.1 Å². The number of hydrogen-bond donors (Lipinski definition) is 1. The average molecular weight is 409 g/mol. The molecule has 9 heteroatoms. The van der Waals surface area contributed by atoms with Gasteiger partial charge in [0.25, 0.3) is 0 Å². The Morgan fingerprint density at radius 2 is 2.00 bits per heavy atom. The van der Waals surface area contributed by atoms with Crippen molar-refractivity contribution in [2.75, 3.05) is 18.2 Å². The van der Waals surface area contributed by atoms with Crippen LogP contribution in [-0.4, -0.2) is 38.1 Å². The largest absolute Gasteiger partial charge is 0.465 e. The number of fused-ring (bicyclic) bond motifs is 1. The molecule has 0 unspecified atom stereocenters. The number of sulfone groups is 1. The van der Waals surface area contributed by atoms with Crippen LogP contribution in [0, 0.1) is 0 Å². The Morgan fingerprint density at radius 3 is 2.70 bits per heavy atom. The number of methoxy groups -OCH3 is 1. The van der Waals surface area contributed by atoms with Gasteiger partial charge in [0.2, 0.25) is 15.7 Å².